The SMILES string of the molecule is CC(C)(C)NC(=O)CN1CCN(Cc2cccc(O)c2)CC1. The summed E-state index contributed by atoms with van der Waals surface area (Å²) < 4.78 is 0. The first-order valence-corrected chi connectivity index (χ1v) is 7.85. The number of carbonyl (C=O) groups is 1. The number of hydrogen-bond acceptors (Lipinski definition) is 4. The molecule has 1 aliphatic heterocycles. The maximum Gasteiger partial charge on any atom is 0.234 e. The van der Waals surface area contributed by atoms with Gasteiger partial charge in [0.15, 0.2) is 0 Å². The van der Waals surface area contributed by atoms with Crippen LogP contribution in [0.3, 0.4) is 0 Å². The number of hydrogen-bond donors (Lipinski definition) is 2. The zero-order valence-electron chi connectivity index (χ0n) is 13.8. The Morgan fingerprint density at radius 3 is 2.41 bits per heavy atom. The Bertz CT molecular complexity index is 503. The van der Waals surface area contributed by atoms with E-state index in [0.29, 0.717) is 12.3 Å². The fourth-order valence-corrected chi connectivity index (χ4v) is 2.68. The Morgan fingerprint density at radius 1 is 1.18 bits per heavy atom. The predicted molar refractivity (Wildman–Crippen MR) is 87.7 cm³/mol. The van der Waals surface area contributed by atoms with Crippen LogP contribution in [0.5, 0.6) is 5.75 Å². The van der Waals surface area contributed by atoms with Gasteiger partial charge in [-0.15, -0.1) is 0 Å². The fraction of sp³-hybridized carbons (Fsp3) is 0.588. The molecule has 0 radical (unpaired) electrons. The van der Waals surface area contributed by atoms with Gasteiger partial charge in [-0.25, -0.2) is 0 Å². The Morgan fingerprint density at radius 2 is 1.82 bits per heavy atom. The van der Waals surface area contributed by atoms with E-state index in [4.69, 9.17) is 0 Å². The largest absolute Gasteiger partial charge is 0.508 e. The first kappa shape index (κ1) is 16.8. The minimum absolute atomic E-state index is 0.0916. The Balaban J connectivity index is 1.75. The van der Waals surface area contributed by atoms with Crippen molar-refractivity contribution in [3.63, 3.8) is 0 Å². The summed E-state index contributed by atoms with van der Waals surface area (Å²) in [5.41, 5.74) is 0.952. The lowest BCUT2D eigenvalue weighted by molar-refractivity contribution is -0.124. The molecule has 5 heteroatoms. The lowest BCUT2D eigenvalue weighted by Gasteiger charge is -2.34. The number of nitrogens with one attached hydrogen (secondary N) is 1. The summed E-state index contributed by atoms with van der Waals surface area (Å²) in [4.78, 5) is 16.5. The molecule has 0 aromatic heterocycles. The maximum atomic E-state index is 11.9. The molecular weight excluding hydrogens is 278 g/mol. The number of nitrogens with zero attached hydrogens (tertiary/aromatic N) is 2. The molecule has 1 saturated heterocycles. The summed E-state index contributed by atoms with van der Waals surface area (Å²) in [6.07, 6.45) is 0. The number of carbonyl (C=O) groups excluding carboxylic acids is 1. The number of phenolic OH excluding ortho intramolecular Hbond substituents is 1. The van der Waals surface area contributed by atoms with Crippen molar-refractivity contribution in [2.24, 2.45) is 0 Å². The average Bonchev–Trinajstić information content (AvgIpc) is 2.39. The Kier molecular flexibility index (Phi) is 5.42. The molecule has 1 fully saturated rings. The van der Waals surface area contributed by atoms with Crippen LogP contribution in [-0.4, -0.2) is 59.1 Å². The van der Waals surface area contributed by atoms with Gasteiger partial charge in [0, 0.05) is 38.3 Å². The molecule has 0 bridgehead atoms. The van der Waals surface area contributed by atoms with Gasteiger partial charge in [-0.2, -0.15) is 0 Å². The maximum absolute atomic E-state index is 11.9. The molecule has 0 spiro atoms. The molecule has 5 nitrogen and oxygen atoms in total. The highest BCUT2D eigenvalue weighted by Crippen LogP contribution is 2.14. The second kappa shape index (κ2) is 7.11. The first-order chi connectivity index (χ1) is 10.3. The molecule has 1 aromatic rings. The summed E-state index contributed by atoms with van der Waals surface area (Å²) in [6, 6.07) is 7.40. The van der Waals surface area contributed by atoms with Gasteiger partial charge in [0.1, 0.15) is 5.75 Å². The van der Waals surface area contributed by atoms with Crippen LogP contribution >= 0.6 is 0 Å². The van der Waals surface area contributed by atoms with Crippen LogP contribution in [0.1, 0.15) is 26.3 Å². The van der Waals surface area contributed by atoms with E-state index in [-0.39, 0.29) is 11.4 Å². The molecule has 22 heavy (non-hydrogen) atoms. The van der Waals surface area contributed by atoms with E-state index >= 15 is 0 Å². The molecule has 2 N–H and O–H groups in total. The standard InChI is InChI=1S/C17H27N3O2/c1-17(2,3)18-16(22)13-20-9-7-19(8-10-20)12-14-5-4-6-15(21)11-14/h4-6,11,21H,7-10,12-13H2,1-3H3,(H,18,22). The Hall–Kier alpha value is -1.59. The van der Waals surface area contributed by atoms with E-state index in [9.17, 15) is 9.90 Å². The number of amides is 1. The Labute approximate surface area is 132 Å². The van der Waals surface area contributed by atoms with Crippen molar-refractivity contribution in [2.45, 2.75) is 32.9 Å². The first-order valence-electron chi connectivity index (χ1n) is 7.85. The molecule has 2 rings (SSSR count). The van der Waals surface area contributed by atoms with Crippen LogP contribution in [0.15, 0.2) is 24.3 Å². The van der Waals surface area contributed by atoms with Crippen molar-refractivity contribution in [1.29, 1.82) is 0 Å². The van der Waals surface area contributed by atoms with Gasteiger partial charge in [0.25, 0.3) is 0 Å². The van der Waals surface area contributed by atoms with E-state index in [0.717, 1.165) is 38.3 Å². The highest BCUT2D eigenvalue weighted by molar-refractivity contribution is 5.78. The van der Waals surface area contributed by atoms with Crippen LogP contribution in [-0.2, 0) is 11.3 Å². The van der Waals surface area contributed by atoms with Gasteiger partial charge in [-0.1, -0.05) is 12.1 Å². The van der Waals surface area contributed by atoms with Gasteiger partial charge >= 0.3 is 0 Å². The minimum Gasteiger partial charge on any atom is -0.508 e. The third-order valence-electron chi connectivity index (χ3n) is 3.66. The van der Waals surface area contributed by atoms with Gasteiger partial charge < -0.3 is 10.4 Å². The summed E-state index contributed by atoms with van der Waals surface area (Å²) >= 11 is 0. The number of rotatable bonds is 4. The van der Waals surface area contributed by atoms with Gasteiger partial charge in [-0.05, 0) is 38.5 Å². The average molecular weight is 305 g/mol. The highest BCUT2D eigenvalue weighted by atomic mass is 16.3. The van der Waals surface area contributed by atoms with E-state index in [1.807, 2.05) is 39.0 Å². The molecule has 1 aromatic carbocycles. The van der Waals surface area contributed by atoms with Crippen LogP contribution in [0.4, 0.5) is 0 Å². The fourth-order valence-electron chi connectivity index (χ4n) is 2.68. The van der Waals surface area contributed by atoms with Crippen molar-refractivity contribution in [3.8, 4) is 5.75 Å². The van der Waals surface area contributed by atoms with Gasteiger partial charge in [0.05, 0.1) is 6.54 Å². The molecule has 0 atom stereocenters. The highest BCUT2D eigenvalue weighted by Gasteiger charge is 2.21. The van der Waals surface area contributed by atoms with Crippen LogP contribution < -0.4 is 5.32 Å². The zero-order chi connectivity index (χ0) is 16.2. The van der Waals surface area contributed by atoms with Crippen LogP contribution in [0, 0.1) is 0 Å². The smallest absolute Gasteiger partial charge is 0.234 e. The van der Waals surface area contributed by atoms with Gasteiger partial charge in [0.2, 0.25) is 5.91 Å². The van der Waals surface area contributed by atoms with E-state index in [2.05, 4.69) is 15.1 Å². The third kappa shape index (κ3) is 5.66. The minimum atomic E-state index is -0.172. The third-order valence-corrected chi connectivity index (χ3v) is 3.66. The summed E-state index contributed by atoms with van der Waals surface area (Å²) in [6.45, 7) is 11.0. The summed E-state index contributed by atoms with van der Waals surface area (Å²) in [5, 5.41) is 12.5. The lowest BCUT2D eigenvalue weighted by atomic mass is 10.1. The number of piperazine rings is 1. The number of aromatic hydroxyl groups is 1. The quantitative estimate of drug-likeness (QED) is 0.883. The molecule has 0 saturated carbocycles. The van der Waals surface area contributed by atoms with Crippen molar-refractivity contribution in [2.75, 3.05) is 32.7 Å². The number of benzene rings is 1. The predicted octanol–water partition coefficient (Wildman–Crippen LogP) is 1.42. The van der Waals surface area contributed by atoms with Crippen molar-refractivity contribution in [3.05, 3.63) is 29.8 Å². The molecule has 0 aliphatic carbocycles. The van der Waals surface area contributed by atoms with Crippen LogP contribution in [0.25, 0.3) is 0 Å². The lowest BCUT2D eigenvalue weighted by Crippen LogP contribution is -2.51. The van der Waals surface area contributed by atoms with Crippen molar-refractivity contribution < 1.29 is 9.90 Å². The molecule has 1 heterocycles. The number of phenols is 1. The summed E-state index contributed by atoms with van der Waals surface area (Å²) in [5.74, 6) is 0.406. The topological polar surface area (TPSA) is 55.8 Å². The van der Waals surface area contributed by atoms with E-state index in [1.165, 1.54) is 0 Å². The molecular formula is C17H27N3O2. The van der Waals surface area contributed by atoms with Crippen LogP contribution in [0.2, 0.25) is 0 Å². The van der Waals surface area contributed by atoms with Crippen molar-refractivity contribution in [1.82, 2.24) is 15.1 Å². The molecule has 0 unspecified atom stereocenters. The van der Waals surface area contributed by atoms with Gasteiger partial charge in [-0.3, -0.25) is 14.6 Å². The van der Waals surface area contributed by atoms with E-state index < -0.39 is 0 Å². The second-order valence-electron chi connectivity index (χ2n) is 7.02. The molecule has 1 amide bonds. The van der Waals surface area contributed by atoms with Crippen molar-refractivity contribution >= 4 is 5.91 Å². The monoisotopic (exact) mass is 305 g/mol. The second-order valence-corrected chi connectivity index (χ2v) is 7.02. The molecule has 1 aliphatic rings. The summed E-state index contributed by atoms with van der Waals surface area (Å²) in [7, 11) is 0. The van der Waals surface area contributed by atoms with E-state index in [1.54, 1.807) is 6.07 Å². The zero-order valence-corrected chi connectivity index (χ0v) is 13.8. The molecule has 122 valence electrons. The normalized spacial score (nSPS) is 17.4.